The Balaban J connectivity index is 1.71. The smallest absolute Gasteiger partial charge is 0.319 e. The normalized spacial score (nSPS) is 13.5. The fourth-order valence-corrected chi connectivity index (χ4v) is 4.40. The van der Waals surface area contributed by atoms with Crippen LogP contribution < -0.4 is 5.32 Å². The maximum atomic E-state index is 13.2. The van der Waals surface area contributed by atoms with Gasteiger partial charge in [0.1, 0.15) is 5.82 Å². The van der Waals surface area contributed by atoms with Gasteiger partial charge in [0.05, 0.1) is 16.3 Å². The van der Waals surface area contributed by atoms with E-state index in [-0.39, 0.29) is 11.4 Å². The first kappa shape index (κ1) is 20.1. The molecule has 0 bridgehead atoms. The first-order valence-corrected chi connectivity index (χ1v) is 10.6. The van der Waals surface area contributed by atoms with E-state index in [0.29, 0.717) is 24.1 Å². The second-order valence-electron chi connectivity index (χ2n) is 6.77. The Hall–Kier alpha value is -3.14. The molecule has 0 fully saturated rings. The van der Waals surface area contributed by atoms with Gasteiger partial charge in [-0.15, -0.1) is 0 Å². The molecule has 0 aliphatic heterocycles. The maximum absolute atomic E-state index is 13.2. The number of fused-ring (bicyclic) bond motifs is 1. The summed E-state index contributed by atoms with van der Waals surface area (Å²) in [4.78, 5) is 12.2. The zero-order valence-corrected chi connectivity index (χ0v) is 16.3. The number of carbonyl (C=O) groups is 1. The Kier molecular flexibility index (Phi) is 5.10. The highest BCUT2D eigenvalue weighted by Crippen LogP contribution is 2.30. The van der Waals surface area contributed by atoms with Crippen molar-refractivity contribution in [3.63, 3.8) is 0 Å². The Labute approximate surface area is 170 Å². The lowest BCUT2D eigenvalue weighted by atomic mass is 10.2. The van der Waals surface area contributed by atoms with Gasteiger partial charge >= 0.3 is 5.76 Å². The van der Waals surface area contributed by atoms with E-state index in [1.54, 1.807) is 4.68 Å². The molecule has 1 N–H and O–H groups in total. The number of amides is 1. The highest BCUT2D eigenvalue weighted by molar-refractivity contribution is 7.91. The van der Waals surface area contributed by atoms with Gasteiger partial charge in [-0.05, 0) is 55.7 Å². The standard InChI is InChI=1S/C20H16F3N3O3S/c21-12-8-10-13(11-9-12)26-16-6-3-4-14(16)18(25-26)19(27)24-15-5-1-2-7-17(15)30(28,29)20(22)23/h1-2,5,7-11,20H,3-4,6H2,(H,24,27). The lowest BCUT2D eigenvalue weighted by molar-refractivity contribution is 0.102. The van der Waals surface area contributed by atoms with Crippen molar-refractivity contribution >= 4 is 21.4 Å². The van der Waals surface area contributed by atoms with Crippen LogP contribution in [0.2, 0.25) is 0 Å². The minimum atomic E-state index is -4.90. The molecule has 1 aromatic heterocycles. The van der Waals surface area contributed by atoms with Gasteiger partial charge in [0, 0.05) is 11.3 Å². The van der Waals surface area contributed by atoms with E-state index in [0.717, 1.165) is 18.2 Å². The third-order valence-corrected chi connectivity index (χ3v) is 6.33. The fourth-order valence-electron chi connectivity index (χ4n) is 3.51. The molecule has 1 aliphatic carbocycles. The molecule has 10 heteroatoms. The number of benzene rings is 2. The van der Waals surface area contributed by atoms with Crippen molar-refractivity contribution in [2.45, 2.75) is 29.9 Å². The van der Waals surface area contributed by atoms with E-state index >= 15 is 0 Å². The molecule has 3 aromatic rings. The van der Waals surface area contributed by atoms with Gasteiger partial charge < -0.3 is 5.32 Å². The number of alkyl halides is 2. The SMILES string of the molecule is O=C(Nc1ccccc1S(=O)(=O)C(F)F)c1nn(-c2ccc(F)cc2)c2c1CCC2. The van der Waals surface area contributed by atoms with Gasteiger partial charge in [0.15, 0.2) is 5.69 Å². The van der Waals surface area contributed by atoms with Gasteiger partial charge in [0.2, 0.25) is 9.84 Å². The third kappa shape index (κ3) is 3.47. The van der Waals surface area contributed by atoms with Crippen LogP contribution in [0.25, 0.3) is 5.69 Å². The second-order valence-corrected chi connectivity index (χ2v) is 8.66. The van der Waals surface area contributed by atoms with Crippen LogP contribution in [0, 0.1) is 5.82 Å². The molecule has 4 rings (SSSR count). The van der Waals surface area contributed by atoms with Crippen LogP contribution in [-0.2, 0) is 22.7 Å². The first-order valence-electron chi connectivity index (χ1n) is 9.08. The zero-order chi connectivity index (χ0) is 21.5. The molecule has 0 saturated heterocycles. The molecule has 30 heavy (non-hydrogen) atoms. The summed E-state index contributed by atoms with van der Waals surface area (Å²) in [5.74, 6) is -4.72. The summed E-state index contributed by atoms with van der Waals surface area (Å²) in [5.41, 5.74) is 1.92. The average Bonchev–Trinajstić information content (AvgIpc) is 3.31. The lowest BCUT2D eigenvalue weighted by Gasteiger charge is -2.11. The Morgan fingerprint density at radius 2 is 1.77 bits per heavy atom. The number of sulfone groups is 1. The monoisotopic (exact) mass is 435 g/mol. The minimum absolute atomic E-state index is 0.0797. The minimum Gasteiger partial charge on any atom is -0.319 e. The summed E-state index contributed by atoms with van der Waals surface area (Å²) in [7, 11) is -4.90. The Bertz CT molecular complexity index is 1220. The molecule has 1 aliphatic rings. The molecule has 0 unspecified atom stereocenters. The largest absolute Gasteiger partial charge is 0.341 e. The van der Waals surface area contributed by atoms with E-state index in [1.165, 1.54) is 42.5 Å². The van der Waals surface area contributed by atoms with E-state index in [1.807, 2.05) is 0 Å². The predicted molar refractivity (Wildman–Crippen MR) is 103 cm³/mol. The number of rotatable bonds is 5. The highest BCUT2D eigenvalue weighted by Gasteiger charge is 2.31. The molecule has 0 radical (unpaired) electrons. The Morgan fingerprint density at radius 1 is 1.07 bits per heavy atom. The molecule has 2 aromatic carbocycles. The lowest BCUT2D eigenvalue weighted by Crippen LogP contribution is -2.19. The maximum Gasteiger partial charge on any atom is 0.341 e. The summed E-state index contributed by atoms with van der Waals surface area (Å²) in [5, 5.41) is 6.74. The molecular formula is C20H16F3N3O3S. The summed E-state index contributed by atoms with van der Waals surface area (Å²) in [6.45, 7) is 0. The molecule has 0 saturated carbocycles. The zero-order valence-electron chi connectivity index (χ0n) is 15.5. The molecule has 0 atom stereocenters. The van der Waals surface area contributed by atoms with Crippen LogP contribution in [0.3, 0.4) is 0 Å². The number of nitrogens with one attached hydrogen (secondary N) is 1. The first-order chi connectivity index (χ1) is 14.3. The van der Waals surface area contributed by atoms with E-state index in [4.69, 9.17) is 0 Å². The van der Waals surface area contributed by atoms with E-state index < -0.39 is 32.2 Å². The van der Waals surface area contributed by atoms with Crippen LogP contribution >= 0.6 is 0 Å². The van der Waals surface area contributed by atoms with Crippen LogP contribution in [0.1, 0.15) is 28.2 Å². The van der Waals surface area contributed by atoms with Crippen molar-refractivity contribution < 1.29 is 26.4 Å². The van der Waals surface area contributed by atoms with Crippen LogP contribution in [-0.4, -0.2) is 29.9 Å². The number of anilines is 1. The molecule has 0 spiro atoms. The third-order valence-electron chi connectivity index (χ3n) is 4.89. The molecule has 1 heterocycles. The van der Waals surface area contributed by atoms with E-state index in [9.17, 15) is 26.4 Å². The number of aromatic nitrogens is 2. The van der Waals surface area contributed by atoms with Crippen molar-refractivity contribution in [3.05, 3.63) is 71.3 Å². The van der Waals surface area contributed by atoms with Gasteiger partial charge in [-0.1, -0.05) is 12.1 Å². The van der Waals surface area contributed by atoms with Crippen LogP contribution in [0.15, 0.2) is 53.4 Å². The van der Waals surface area contributed by atoms with Gasteiger partial charge in [-0.3, -0.25) is 4.79 Å². The topological polar surface area (TPSA) is 81.1 Å². The van der Waals surface area contributed by atoms with Crippen molar-refractivity contribution in [1.82, 2.24) is 9.78 Å². The van der Waals surface area contributed by atoms with Crippen molar-refractivity contribution in [3.8, 4) is 5.69 Å². The molecule has 6 nitrogen and oxygen atoms in total. The molecule has 1 amide bonds. The summed E-state index contributed by atoms with van der Waals surface area (Å²) in [6.07, 6.45) is 2.06. The number of para-hydroxylation sites is 1. The fraction of sp³-hybridized carbons (Fsp3) is 0.200. The van der Waals surface area contributed by atoms with Gasteiger partial charge in [-0.2, -0.15) is 13.9 Å². The number of halogens is 3. The van der Waals surface area contributed by atoms with E-state index in [2.05, 4.69) is 10.4 Å². The van der Waals surface area contributed by atoms with Crippen LogP contribution in [0.5, 0.6) is 0 Å². The summed E-state index contributed by atoms with van der Waals surface area (Å²) in [6, 6.07) is 10.6. The second kappa shape index (κ2) is 7.60. The quantitative estimate of drug-likeness (QED) is 0.662. The molecule has 156 valence electrons. The number of hydrogen-bond acceptors (Lipinski definition) is 4. The van der Waals surface area contributed by atoms with Crippen molar-refractivity contribution in [2.75, 3.05) is 5.32 Å². The Morgan fingerprint density at radius 3 is 2.47 bits per heavy atom. The summed E-state index contributed by atoms with van der Waals surface area (Å²) < 4.78 is 64.6. The van der Waals surface area contributed by atoms with Crippen molar-refractivity contribution in [1.29, 1.82) is 0 Å². The van der Waals surface area contributed by atoms with Crippen LogP contribution in [0.4, 0.5) is 18.9 Å². The average molecular weight is 435 g/mol. The number of carbonyl (C=O) groups excluding carboxylic acids is 1. The van der Waals surface area contributed by atoms with Gasteiger partial charge in [-0.25, -0.2) is 17.5 Å². The molecular weight excluding hydrogens is 419 g/mol. The number of hydrogen-bond donors (Lipinski definition) is 1. The highest BCUT2D eigenvalue weighted by atomic mass is 32.2. The predicted octanol–water partition coefficient (Wildman–Crippen LogP) is 3.75. The number of nitrogens with zero attached hydrogens (tertiary/aromatic N) is 2. The van der Waals surface area contributed by atoms with Gasteiger partial charge in [0.25, 0.3) is 5.91 Å². The van der Waals surface area contributed by atoms with Crippen molar-refractivity contribution in [2.24, 2.45) is 0 Å². The summed E-state index contributed by atoms with van der Waals surface area (Å²) >= 11 is 0.